The van der Waals surface area contributed by atoms with Crippen molar-refractivity contribution in [3.63, 3.8) is 0 Å². The van der Waals surface area contributed by atoms with Crippen molar-refractivity contribution in [3.05, 3.63) is 35.4 Å². The Labute approximate surface area is 94.6 Å². The zero-order valence-electron chi connectivity index (χ0n) is 9.76. The van der Waals surface area contributed by atoms with E-state index in [0.717, 1.165) is 0 Å². The molecule has 0 aliphatic rings. The molecule has 0 aliphatic heterocycles. The molecule has 1 N–H and O–H groups in total. The number of ether oxygens (including phenoxy) is 1. The molecule has 0 aromatic heterocycles. The highest BCUT2D eigenvalue weighted by molar-refractivity contribution is 5.19. The minimum absolute atomic E-state index is 0.00478. The quantitative estimate of drug-likeness (QED) is 0.837. The highest BCUT2D eigenvalue weighted by Crippen LogP contribution is 2.12. The molecule has 4 heteroatoms. The maximum atomic E-state index is 13.3. The summed E-state index contributed by atoms with van der Waals surface area (Å²) in [6.07, 6.45) is -0.00478. The second kappa shape index (κ2) is 5.92. The average molecular weight is 229 g/mol. The van der Waals surface area contributed by atoms with Crippen LogP contribution < -0.4 is 5.32 Å². The molecular formula is C12H17F2NO. The molecule has 0 aliphatic carbocycles. The number of methoxy groups -OCH3 is 1. The molecule has 1 aromatic rings. The van der Waals surface area contributed by atoms with Gasteiger partial charge in [-0.15, -0.1) is 0 Å². The van der Waals surface area contributed by atoms with E-state index in [4.69, 9.17) is 4.74 Å². The number of benzene rings is 1. The van der Waals surface area contributed by atoms with E-state index in [0.29, 0.717) is 0 Å². The van der Waals surface area contributed by atoms with Crippen LogP contribution in [0.2, 0.25) is 0 Å². The van der Waals surface area contributed by atoms with Gasteiger partial charge >= 0.3 is 0 Å². The van der Waals surface area contributed by atoms with Crippen molar-refractivity contribution in [2.75, 3.05) is 7.11 Å². The molecule has 1 aromatic carbocycles. The van der Waals surface area contributed by atoms with E-state index in [1.807, 2.05) is 13.8 Å². The molecule has 2 nitrogen and oxygen atoms in total. The molecule has 0 saturated heterocycles. The van der Waals surface area contributed by atoms with Gasteiger partial charge in [0.2, 0.25) is 0 Å². The second-order valence-corrected chi connectivity index (χ2v) is 3.81. The molecule has 0 amide bonds. The standard InChI is InChI=1S/C12H17F2NO/c1-8(9(2)16-3)15-7-10-11(13)5-4-6-12(10)14/h4-6,8-9,15H,7H2,1-3H3. The molecule has 1 rings (SSSR count). The lowest BCUT2D eigenvalue weighted by Gasteiger charge is -2.20. The van der Waals surface area contributed by atoms with E-state index in [9.17, 15) is 8.78 Å². The molecule has 0 spiro atoms. The van der Waals surface area contributed by atoms with Crippen LogP contribution in [0.3, 0.4) is 0 Å². The lowest BCUT2D eigenvalue weighted by Crippen LogP contribution is -2.36. The second-order valence-electron chi connectivity index (χ2n) is 3.81. The van der Waals surface area contributed by atoms with Gasteiger partial charge in [0.05, 0.1) is 6.10 Å². The third kappa shape index (κ3) is 3.25. The Balaban J connectivity index is 2.61. The number of hydrogen-bond acceptors (Lipinski definition) is 2. The van der Waals surface area contributed by atoms with Gasteiger partial charge in [-0.3, -0.25) is 0 Å². The van der Waals surface area contributed by atoms with Gasteiger partial charge in [0, 0.05) is 25.3 Å². The van der Waals surface area contributed by atoms with Crippen LogP contribution in [0.25, 0.3) is 0 Å². The SMILES string of the molecule is COC(C)C(C)NCc1c(F)cccc1F. The van der Waals surface area contributed by atoms with Crippen molar-refractivity contribution in [2.24, 2.45) is 0 Å². The molecule has 0 bridgehead atoms. The summed E-state index contributed by atoms with van der Waals surface area (Å²) in [4.78, 5) is 0. The van der Waals surface area contributed by atoms with Gasteiger partial charge in [0.25, 0.3) is 0 Å². The normalized spacial score (nSPS) is 14.8. The topological polar surface area (TPSA) is 21.3 Å². The summed E-state index contributed by atoms with van der Waals surface area (Å²) in [5.74, 6) is -1.05. The molecule has 0 saturated carbocycles. The zero-order valence-corrected chi connectivity index (χ0v) is 9.76. The monoisotopic (exact) mass is 229 g/mol. The van der Waals surface area contributed by atoms with Crippen molar-refractivity contribution in [1.82, 2.24) is 5.32 Å². The average Bonchev–Trinajstić information content (AvgIpc) is 2.27. The highest BCUT2D eigenvalue weighted by atomic mass is 19.1. The predicted octanol–water partition coefficient (Wildman–Crippen LogP) is 2.48. The maximum absolute atomic E-state index is 13.3. The van der Waals surface area contributed by atoms with Crippen LogP contribution in [0.15, 0.2) is 18.2 Å². The van der Waals surface area contributed by atoms with Crippen LogP contribution in [0.5, 0.6) is 0 Å². The Morgan fingerprint density at radius 2 is 1.81 bits per heavy atom. The first-order valence-corrected chi connectivity index (χ1v) is 5.25. The van der Waals surface area contributed by atoms with Gasteiger partial charge in [0.1, 0.15) is 11.6 Å². The molecule has 2 unspecified atom stereocenters. The summed E-state index contributed by atoms with van der Waals surface area (Å²) in [7, 11) is 1.60. The summed E-state index contributed by atoms with van der Waals surface area (Å²) in [6, 6.07) is 3.90. The van der Waals surface area contributed by atoms with Crippen molar-refractivity contribution >= 4 is 0 Å². The van der Waals surface area contributed by atoms with Gasteiger partial charge in [-0.25, -0.2) is 8.78 Å². The van der Waals surface area contributed by atoms with Crippen LogP contribution >= 0.6 is 0 Å². The summed E-state index contributed by atoms with van der Waals surface area (Å²) in [5.41, 5.74) is 0.0673. The Bertz CT molecular complexity index is 324. The summed E-state index contributed by atoms with van der Waals surface area (Å²) in [6.45, 7) is 3.97. The first-order chi connectivity index (χ1) is 7.56. The van der Waals surface area contributed by atoms with Crippen LogP contribution in [-0.2, 0) is 11.3 Å². The maximum Gasteiger partial charge on any atom is 0.130 e. The molecule has 0 heterocycles. The van der Waals surface area contributed by atoms with Crippen LogP contribution in [0, 0.1) is 11.6 Å². The molecular weight excluding hydrogens is 212 g/mol. The number of nitrogens with one attached hydrogen (secondary N) is 1. The third-order valence-corrected chi connectivity index (χ3v) is 2.74. The fraction of sp³-hybridized carbons (Fsp3) is 0.500. The fourth-order valence-electron chi connectivity index (χ4n) is 1.33. The summed E-state index contributed by atoms with van der Waals surface area (Å²) >= 11 is 0. The van der Waals surface area contributed by atoms with Crippen molar-refractivity contribution in [1.29, 1.82) is 0 Å². The first-order valence-electron chi connectivity index (χ1n) is 5.25. The lowest BCUT2D eigenvalue weighted by molar-refractivity contribution is 0.0880. The fourth-order valence-corrected chi connectivity index (χ4v) is 1.33. The van der Waals surface area contributed by atoms with Crippen molar-refractivity contribution < 1.29 is 13.5 Å². The van der Waals surface area contributed by atoms with Crippen molar-refractivity contribution in [3.8, 4) is 0 Å². The third-order valence-electron chi connectivity index (χ3n) is 2.74. The van der Waals surface area contributed by atoms with Gasteiger partial charge in [-0.1, -0.05) is 6.07 Å². The number of hydrogen-bond donors (Lipinski definition) is 1. The van der Waals surface area contributed by atoms with E-state index < -0.39 is 11.6 Å². The van der Waals surface area contributed by atoms with Crippen molar-refractivity contribution in [2.45, 2.75) is 32.5 Å². The van der Waals surface area contributed by atoms with Gasteiger partial charge in [-0.2, -0.15) is 0 Å². The minimum atomic E-state index is -0.523. The van der Waals surface area contributed by atoms with E-state index in [2.05, 4.69) is 5.32 Å². The van der Waals surface area contributed by atoms with E-state index >= 15 is 0 Å². The lowest BCUT2D eigenvalue weighted by atomic mass is 10.1. The molecule has 90 valence electrons. The molecule has 0 fully saturated rings. The van der Waals surface area contributed by atoms with E-state index in [1.54, 1.807) is 7.11 Å². The van der Waals surface area contributed by atoms with Gasteiger partial charge in [0.15, 0.2) is 0 Å². The number of halogens is 2. The van der Waals surface area contributed by atoms with Crippen LogP contribution in [0.1, 0.15) is 19.4 Å². The summed E-state index contributed by atoms with van der Waals surface area (Å²) < 4.78 is 31.7. The van der Waals surface area contributed by atoms with E-state index in [1.165, 1.54) is 18.2 Å². The highest BCUT2D eigenvalue weighted by Gasteiger charge is 2.13. The number of rotatable bonds is 5. The Morgan fingerprint density at radius 1 is 1.25 bits per heavy atom. The Kier molecular flexibility index (Phi) is 4.83. The zero-order chi connectivity index (χ0) is 12.1. The smallest absolute Gasteiger partial charge is 0.130 e. The molecule has 16 heavy (non-hydrogen) atoms. The van der Waals surface area contributed by atoms with Crippen LogP contribution in [0.4, 0.5) is 8.78 Å². The molecule has 2 atom stereocenters. The van der Waals surface area contributed by atoms with E-state index in [-0.39, 0.29) is 24.3 Å². The summed E-state index contributed by atoms with van der Waals surface area (Å²) in [5, 5.41) is 3.03. The first kappa shape index (κ1) is 13.1. The van der Waals surface area contributed by atoms with Crippen LogP contribution in [-0.4, -0.2) is 19.3 Å². The minimum Gasteiger partial charge on any atom is -0.380 e. The van der Waals surface area contributed by atoms with Gasteiger partial charge < -0.3 is 10.1 Å². The predicted molar refractivity (Wildman–Crippen MR) is 59.1 cm³/mol. The molecule has 0 radical (unpaired) electrons. The Morgan fingerprint density at radius 3 is 2.31 bits per heavy atom. The largest absolute Gasteiger partial charge is 0.380 e. The Hall–Kier alpha value is -1.00. The van der Waals surface area contributed by atoms with Gasteiger partial charge in [-0.05, 0) is 26.0 Å².